The largest absolute Gasteiger partial charge is 0.293 e. The van der Waals surface area contributed by atoms with Gasteiger partial charge in [0, 0.05) is 6.07 Å². The first kappa shape index (κ1) is 19.0. The molecule has 0 spiro atoms. The molecule has 144 valence electrons. The van der Waals surface area contributed by atoms with Crippen molar-refractivity contribution in [3.63, 3.8) is 0 Å². The van der Waals surface area contributed by atoms with Crippen LogP contribution in [0.3, 0.4) is 0 Å². The highest BCUT2D eigenvalue weighted by Gasteiger charge is 2.17. The molecular weight excluding hydrogens is 394 g/mol. The fraction of sp³-hybridized carbons (Fsp3) is 0.0455. The summed E-state index contributed by atoms with van der Waals surface area (Å²) in [5, 5.41) is 0.771. The van der Waals surface area contributed by atoms with E-state index in [9.17, 15) is 18.4 Å². The fourth-order valence-electron chi connectivity index (χ4n) is 2.94. The number of thioether (sulfide) groups is 1. The van der Waals surface area contributed by atoms with Gasteiger partial charge in [0.05, 0.1) is 27.9 Å². The van der Waals surface area contributed by atoms with Crippen molar-refractivity contribution in [3.05, 3.63) is 100 Å². The minimum atomic E-state index is -0.914. The molecular formula is C22H14F2N2O2S. The van der Waals surface area contributed by atoms with E-state index in [4.69, 9.17) is 0 Å². The van der Waals surface area contributed by atoms with Crippen molar-refractivity contribution in [2.75, 3.05) is 5.75 Å². The SMILES string of the molecule is O=C(CSc1nc2ccccc2c(=O)n1-c1ccccc1)c1ccc(F)cc1F. The lowest BCUT2D eigenvalue weighted by atomic mass is 10.1. The van der Waals surface area contributed by atoms with E-state index in [-0.39, 0.29) is 16.9 Å². The maximum atomic E-state index is 13.9. The molecule has 0 saturated carbocycles. The number of ketones is 1. The Morgan fingerprint density at radius 3 is 2.45 bits per heavy atom. The molecule has 1 aromatic heterocycles. The zero-order chi connectivity index (χ0) is 20.4. The number of halogens is 2. The second-order valence-corrected chi connectivity index (χ2v) is 7.17. The molecule has 0 fully saturated rings. The van der Waals surface area contributed by atoms with Crippen molar-refractivity contribution in [1.29, 1.82) is 0 Å². The van der Waals surface area contributed by atoms with E-state index in [1.54, 1.807) is 48.5 Å². The van der Waals surface area contributed by atoms with Gasteiger partial charge in [0.2, 0.25) is 0 Å². The predicted molar refractivity (Wildman–Crippen MR) is 109 cm³/mol. The number of hydrogen-bond acceptors (Lipinski definition) is 4. The van der Waals surface area contributed by atoms with Gasteiger partial charge in [0.25, 0.3) is 5.56 Å². The van der Waals surface area contributed by atoms with Crippen LogP contribution in [0.5, 0.6) is 0 Å². The lowest BCUT2D eigenvalue weighted by Crippen LogP contribution is -2.22. The maximum Gasteiger partial charge on any atom is 0.266 e. The van der Waals surface area contributed by atoms with E-state index in [0.717, 1.165) is 23.9 Å². The first-order valence-corrected chi connectivity index (χ1v) is 9.71. The van der Waals surface area contributed by atoms with Crippen molar-refractivity contribution in [1.82, 2.24) is 9.55 Å². The van der Waals surface area contributed by atoms with E-state index in [1.807, 2.05) is 6.07 Å². The van der Waals surface area contributed by atoms with Crippen LogP contribution in [0.25, 0.3) is 16.6 Å². The molecule has 1 heterocycles. The van der Waals surface area contributed by atoms with Crippen LogP contribution in [0.15, 0.2) is 82.7 Å². The molecule has 0 amide bonds. The molecule has 0 aliphatic carbocycles. The number of benzene rings is 3. The van der Waals surface area contributed by atoms with Gasteiger partial charge < -0.3 is 0 Å². The summed E-state index contributed by atoms with van der Waals surface area (Å²) in [4.78, 5) is 30.1. The molecule has 0 aliphatic heterocycles. The first-order valence-electron chi connectivity index (χ1n) is 8.73. The lowest BCUT2D eigenvalue weighted by Gasteiger charge is -2.13. The monoisotopic (exact) mass is 408 g/mol. The van der Waals surface area contributed by atoms with Gasteiger partial charge in [0.15, 0.2) is 10.9 Å². The number of para-hydroxylation sites is 2. The van der Waals surface area contributed by atoms with Gasteiger partial charge in [-0.1, -0.05) is 42.1 Å². The van der Waals surface area contributed by atoms with Gasteiger partial charge in [0.1, 0.15) is 11.6 Å². The van der Waals surface area contributed by atoms with E-state index in [1.165, 1.54) is 4.57 Å². The molecule has 0 saturated heterocycles. The Hall–Kier alpha value is -3.32. The number of fused-ring (bicyclic) bond motifs is 1. The fourth-order valence-corrected chi connectivity index (χ4v) is 3.83. The summed E-state index contributed by atoms with van der Waals surface area (Å²) in [6, 6.07) is 18.7. The van der Waals surface area contributed by atoms with Crippen molar-refractivity contribution in [2.24, 2.45) is 0 Å². The molecule has 0 atom stereocenters. The summed E-state index contributed by atoms with van der Waals surface area (Å²) in [6.07, 6.45) is 0. The number of Topliss-reactive ketones (excluding diaryl/α,β-unsaturated/α-hetero) is 1. The summed E-state index contributed by atoms with van der Waals surface area (Å²) in [7, 11) is 0. The first-order chi connectivity index (χ1) is 14.0. The van der Waals surface area contributed by atoms with Crippen molar-refractivity contribution < 1.29 is 13.6 Å². The average Bonchev–Trinajstić information content (AvgIpc) is 2.73. The van der Waals surface area contributed by atoms with E-state index >= 15 is 0 Å². The Morgan fingerprint density at radius 1 is 0.966 bits per heavy atom. The average molecular weight is 408 g/mol. The molecule has 0 radical (unpaired) electrons. The molecule has 7 heteroatoms. The van der Waals surface area contributed by atoms with Gasteiger partial charge in [-0.15, -0.1) is 0 Å². The summed E-state index contributed by atoms with van der Waals surface area (Å²) in [5.74, 6) is -2.34. The van der Waals surface area contributed by atoms with Crippen LogP contribution in [-0.2, 0) is 0 Å². The minimum absolute atomic E-state index is 0.153. The summed E-state index contributed by atoms with van der Waals surface area (Å²) in [6.45, 7) is 0. The van der Waals surface area contributed by atoms with Gasteiger partial charge in [-0.2, -0.15) is 0 Å². The Bertz CT molecular complexity index is 1270. The van der Waals surface area contributed by atoms with Crippen molar-refractivity contribution >= 4 is 28.4 Å². The number of hydrogen-bond donors (Lipinski definition) is 0. The lowest BCUT2D eigenvalue weighted by molar-refractivity contribution is 0.101. The Kier molecular flexibility index (Phi) is 5.22. The van der Waals surface area contributed by atoms with Gasteiger partial charge in [-0.05, 0) is 36.4 Å². The molecule has 0 N–H and O–H groups in total. The van der Waals surface area contributed by atoms with E-state index < -0.39 is 17.4 Å². The number of nitrogens with zero attached hydrogens (tertiary/aromatic N) is 2. The normalized spacial score (nSPS) is 11.0. The van der Waals surface area contributed by atoms with E-state index in [0.29, 0.717) is 27.8 Å². The zero-order valence-corrected chi connectivity index (χ0v) is 15.8. The molecule has 4 nitrogen and oxygen atoms in total. The summed E-state index contributed by atoms with van der Waals surface area (Å²) < 4.78 is 28.4. The third-order valence-electron chi connectivity index (χ3n) is 4.32. The third kappa shape index (κ3) is 3.82. The van der Waals surface area contributed by atoms with Crippen molar-refractivity contribution in [2.45, 2.75) is 5.16 Å². The minimum Gasteiger partial charge on any atom is -0.293 e. The molecule has 4 rings (SSSR count). The molecule has 0 bridgehead atoms. The van der Waals surface area contributed by atoms with Crippen LogP contribution in [0.4, 0.5) is 8.78 Å². The highest BCUT2D eigenvalue weighted by molar-refractivity contribution is 7.99. The van der Waals surface area contributed by atoms with Crippen LogP contribution in [0, 0.1) is 11.6 Å². The smallest absolute Gasteiger partial charge is 0.266 e. The Morgan fingerprint density at radius 2 is 1.69 bits per heavy atom. The van der Waals surface area contributed by atoms with Gasteiger partial charge in [-0.3, -0.25) is 14.2 Å². The number of carbonyl (C=O) groups is 1. The predicted octanol–water partition coefficient (Wildman–Crippen LogP) is 4.64. The molecule has 4 aromatic rings. The summed E-state index contributed by atoms with van der Waals surface area (Å²) in [5.41, 5.74) is 0.657. The molecule has 3 aromatic carbocycles. The van der Waals surface area contributed by atoms with Crippen LogP contribution in [-0.4, -0.2) is 21.1 Å². The number of rotatable bonds is 5. The highest BCUT2D eigenvalue weighted by Crippen LogP contribution is 2.23. The Labute approximate surface area is 168 Å². The van der Waals surface area contributed by atoms with Crippen LogP contribution < -0.4 is 5.56 Å². The summed E-state index contributed by atoms with van der Waals surface area (Å²) >= 11 is 1.03. The second-order valence-electron chi connectivity index (χ2n) is 6.22. The number of carbonyl (C=O) groups excluding carboxylic acids is 1. The third-order valence-corrected chi connectivity index (χ3v) is 5.26. The van der Waals surface area contributed by atoms with Crippen molar-refractivity contribution in [3.8, 4) is 5.69 Å². The molecule has 0 unspecified atom stereocenters. The Balaban J connectivity index is 1.75. The van der Waals surface area contributed by atoms with Crippen LogP contribution >= 0.6 is 11.8 Å². The topological polar surface area (TPSA) is 52.0 Å². The van der Waals surface area contributed by atoms with E-state index in [2.05, 4.69) is 4.98 Å². The standard InChI is InChI=1S/C22H14F2N2O2S/c23-14-10-11-16(18(24)12-14)20(27)13-29-22-25-19-9-5-4-8-17(19)21(28)26(22)15-6-2-1-3-7-15/h1-12H,13H2. The van der Waals surface area contributed by atoms with Crippen LogP contribution in [0.2, 0.25) is 0 Å². The zero-order valence-electron chi connectivity index (χ0n) is 15.0. The van der Waals surface area contributed by atoms with Crippen LogP contribution in [0.1, 0.15) is 10.4 Å². The molecule has 0 aliphatic rings. The second kappa shape index (κ2) is 7.97. The number of aromatic nitrogens is 2. The highest BCUT2D eigenvalue weighted by atomic mass is 32.2. The quantitative estimate of drug-likeness (QED) is 0.274. The van der Waals surface area contributed by atoms with Gasteiger partial charge in [-0.25, -0.2) is 13.8 Å². The molecule has 29 heavy (non-hydrogen) atoms. The maximum absolute atomic E-state index is 13.9. The van der Waals surface area contributed by atoms with Gasteiger partial charge >= 0.3 is 0 Å².